The number of aliphatic hydroxyl groups is 1. The zero-order valence-electron chi connectivity index (χ0n) is 10.3. The average Bonchev–Trinajstić information content (AvgIpc) is 2.35. The van der Waals surface area contributed by atoms with Gasteiger partial charge in [-0.1, -0.05) is 12.1 Å². The number of carbonyl (C=O) groups excluding carboxylic acids is 1. The molecule has 0 fully saturated rings. The van der Waals surface area contributed by atoms with Gasteiger partial charge < -0.3 is 10.0 Å². The van der Waals surface area contributed by atoms with Gasteiger partial charge in [0.05, 0.1) is 6.61 Å². The molecule has 1 amide bonds. The molecule has 4 heteroatoms. The third kappa shape index (κ3) is 5.24. The minimum Gasteiger partial charge on any atom is -0.392 e. The predicted molar refractivity (Wildman–Crippen MR) is 71.0 cm³/mol. The normalized spacial score (nSPS) is 10.3. The molecule has 94 valence electrons. The van der Waals surface area contributed by atoms with E-state index < -0.39 is 0 Å². The van der Waals surface area contributed by atoms with E-state index in [1.54, 1.807) is 30.8 Å². The minimum atomic E-state index is 0.0856. The molecule has 3 nitrogen and oxygen atoms in total. The number of aliphatic hydroxyl groups excluding tert-OH is 1. The largest absolute Gasteiger partial charge is 0.392 e. The van der Waals surface area contributed by atoms with Gasteiger partial charge in [-0.2, -0.15) is 0 Å². The number of amides is 1. The Balaban J connectivity index is 2.24. The molecular formula is C13H19NO2S. The summed E-state index contributed by atoms with van der Waals surface area (Å²) in [6.45, 7) is 0.0856. The lowest BCUT2D eigenvalue weighted by atomic mass is 10.2. The van der Waals surface area contributed by atoms with Crippen LogP contribution in [0.2, 0.25) is 0 Å². The Morgan fingerprint density at radius 3 is 2.47 bits per heavy atom. The van der Waals surface area contributed by atoms with Gasteiger partial charge in [-0.05, 0) is 29.9 Å². The molecule has 0 radical (unpaired) electrons. The molecule has 0 spiro atoms. The van der Waals surface area contributed by atoms with Gasteiger partial charge in [0, 0.05) is 25.4 Å². The SMILES string of the molecule is CN(C)C(=O)CCCSc1ccc(CO)cc1. The Kier molecular flexibility index (Phi) is 6.08. The molecule has 0 aliphatic carbocycles. The van der Waals surface area contributed by atoms with Crippen LogP contribution in [0.25, 0.3) is 0 Å². The monoisotopic (exact) mass is 253 g/mol. The maximum absolute atomic E-state index is 11.3. The van der Waals surface area contributed by atoms with Crippen LogP contribution in [0.3, 0.4) is 0 Å². The van der Waals surface area contributed by atoms with Gasteiger partial charge in [0.15, 0.2) is 0 Å². The highest BCUT2D eigenvalue weighted by Crippen LogP contribution is 2.19. The highest BCUT2D eigenvalue weighted by molar-refractivity contribution is 7.99. The summed E-state index contributed by atoms with van der Waals surface area (Å²) in [6, 6.07) is 7.86. The lowest BCUT2D eigenvalue weighted by Gasteiger charge is -2.09. The molecule has 1 aromatic carbocycles. The maximum atomic E-state index is 11.3. The molecule has 0 saturated heterocycles. The van der Waals surface area contributed by atoms with E-state index in [-0.39, 0.29) is 12.5 Å². The van der Waals surface area contributed by atoms with Gasteiger partial charge in [0.2, 0.25) is 5.91 Å². The van der Waals surface area contributed by atoms with E-state index >= 15 is 0 Å². The highest BCUT2D eigenvalue weighted by Gasteiger charge is 2.03. The van der Waals surface area contributed by atoms with Crippen molar-refractivity contribution in [3.8, 4) is 0 Å². The molecule has 0 saturated carbocycles. The number of nitrogens with zero attached hydrogens (tertiary/aromatic N) is 1. The van der Waals surface area contributed by atoms with Gasteiger partial charge in [0.1, 0.15) is 0 Å². The summed E-state index contributed by atoms with van der Waals surface area (Å²) < 4.78 is 0. The second kappa shape index (κ2) is 7.35. The van der Waals surface area contributed by atoms with Crippen molar-refractivity contribution >= 4 is 17.7 Å². The maximum Gasteiger partial charge on any atom is 0.222 e. The van der Waals surface area contributed by atoms with Crippen LogP contribution >= 0.6 is 11.8 Å². The van der Waals surface area contributed by atoms with Gasteiger partial charge >= 0.3 is 0 Å². The number of rotatable bonds is 6. The lowest BCUT2D eigenvalue weighted by molar-refractivity contribution is -0.128. The first-order chi connectivity index (χ1) is 8.13. The van der Waals surface area contributed by atoms with E-state index in [0.29, 0.717) is 6.42 Å². The second-order valence-electron chi connectivity index (χ2n) is 4.04. The second-order valence-corrected chi connectivity index (χ2v) is 5.21. The molecule has 1 rings (SSSR count). The third-order valence-corrected chi connectivity index (χ3v) is 3.51. The van der Waals surface area contributed by atoms with Gasteiger partial charge in [-0.15, -0.1) is 11.8 Å². The summed E-state index contributed by atoms with van der Waals surface area (Å²) >= 11 is 1.74. The van der Waals surface area contributed by atoms with E-state index in [0.717, 1.165) is 17.7 Å². The Labute approximate surface area is 107 Å². The number of carbonyl (C=O) groups is 1. The fraction of sp³-hybridized carbons (Fsp3) is 0.462. The zero-order valence-corrected chi connectivity index (χ0v) is 11.2. The molecule has 0 aliphatic rings. The van der Waals surface area contributed by atoms with Crippen molar-refractivity contribution in [2.45, 2.75) is 24.3 Å². The first-order valence-electron chi connectivity index (χ1n) is 5.66. The van der Waals surface area contributed by atoms with Crippen molar-refractivity contribution in [2.24, 2.45) is 0 Å². The average molecular weight is 253 g/mol. The number of thioether (sulfide) groups is 1. The zero-order chi connectivity index (χ0) is 12.7. The third-order valence-electron chi connectivity index (χ3n) is 2.41. The van der Waals surface area contributed by atoms with E-state index in [4.69, 9.17) is 5.11 Å². The molecule has 1 aromatic rings. The summed E-state index contributed by atoms with van der Waals surface area (Å²) in [7, 11) is 3.56. The van der Waals surface area contributed by atoms with E-state index in [1.807, 2.05) is 24.3 Å². The van der Waals surface area contributed by atoms with E-state index in [9.17, 15) is 4.79 Å². The summed E-state index contributed by atoms with van der Waals surface area (Å²) in [4.78, 5) is 14.1. The fourth-order valence-electron chi connectivity index (χ4n) is 1.33. The molecule has 1 N–H and O–H groups in total. The van der Waals surface area contributed by atoms with Crippen LogP contribution in [0.1, 0.15) is 18.4 Å². The van der Waals surface area contributed by atoms with Crippen molar-refractivity contribution in [3.05, 3.63) is 29.8 Å². The molecule has 0 aliphatic heterocycles. The van der Waals surface area contributed by atoms with Crippen LogP contribution in [0.15, 0.2) is 29.2 Å². The van der Waals surface area contributed by atoms with Crippen LogP contribution in [0.4, 0.5) is 0 Å². The predicted octanol–water partition coefficient (Wildman–Crippen LogP) is 2.14. The Hall–Kier alpha value is -1.00. The summed E-state index contributed by atoms with van der Waals surface area (Å²) in [5, 5.41) is 8.91. The number of hydrogen-bond acceptors (Lipinski definition) is 3. The van der Waals surface area contributed by atoms with Crippen LogP contribution in [-0.2, 0) is 11.4 Å². The van der Waals surface area contributed by atoms with Crippen molar-refractivity contribution < 1.29 is 9.90 Å². The Morgan fingerprint density at radius 1 is 1.29 bits per heavy atom. The van der Waals surface area contributed by atoms with Crippen LogP contribution < -0.4 is 0 Å². The summed E-state index contributed by atoms with van der Waals surface area (Å²) in [5.41, 5.74) is 0.928. The van der Waals surface area contributed by atoms with Crippen LogP contribution in [-0.4, -0.2) is 35.8 Å². The molecule has 0 aromatic heterocycles. The molecular weight excluding hydrogens is 234 g/mol. The van der Waals surface area contributed by atoms with Crippen LogP contribution in [0, 0.1) is 0 Å². The fourth-order valence-corrected chi connectivity index (χ4v) is 2.18. The van der Waals surface area contributed by atoms with Gasteiger partial charge in [-0.25, -0.2) is 0 Å². The quantitative estimate of drug-likeness (QED) is 0.624. The number of benzene rings is 1. The molecule has 0 bridgehead atoms. The first kappa shape index (κ1) is 14.1. The van der Waals surface area contributed by atoms with Crippen molar-refractivity contribution in [1.82, 2.24) is 4.90 Å². The van der Waals surface area contributed by atoms with E-state index in [2.05, 4.69) is 0 Å². The lowest BCUT2D eigenvalue weighted by Crippen LogP contribution is -2.21. The van der Waals surface area contributed by atoms with Gasteiger partial charge in [-0.3, -0.25) is 4.79 Å². The molecule has 17 heavy (non-hydrogen) atoms. The molecule has 0 unspecified atom stereocenters. The standard InChI is InChI=1S/C13H19NO2S/c1-14(2)13(16)4-3-9-17-12-7-5-11(10-15)6-8-12/h5-8,15H,3-4,9-10H2,1-2H3. The summed E-state index contributed by atoms with van der Waals surface area (Å²) in [6.07, 6.45) is 1.50. The number of hydrogen-bond donors (Lipinski definition) is 1. The molecule has 0 atom stereocenters. The van der Waals surface area contributed by atoms with Gasteiger partial charge in [0.25, 0.3) is 0 Å². The smallest absolute Gasteiger partial charge is 0.222 e. The minimum absolute atomic E-state index is 0.0856. The molecule has 0 heterocycles. The Morgan fingerprint density at radius 2 is 1.94 bits per heavy atom. The van der Waals surface area contributed by atoms with Crippen molar-refractivity contribution in [3.63, 3.8) is 0 Å². The van der Waals surface area contributed by atoms with Crippen molar-refractivity contribution in [1.29, 1.82) is 0 Å². The van der Waals surface area contributed by atoms with Crippen LogP contribution in [0.5, 0.6) is 0 Å². The topological polar surface area (TPSA) is 40.5 Å². The first-order valence-corrected chi connectivity index (χ1v) is 6.65. The summed E-state index contributed by atoms with van der Waals surface area (Å²) in [5.74, 6) is 1.12. The van der Waals surface area contributed by atoms with Crippen molar-refractivity contribution in [2.75, 3.05) is 19.8 Å². The Bertz CT molecular complexity index is 349. The highest BCUT2D eigenvalue weighted by atomic mass is 32.2. The van der Waals surface area contributed by atoms with E-state index in [1.165, 1.54) is 4.90 Å².